The third-order valence-corrected chi connectivity index (χ3v) is 4.77. The topological polar surface area (TPSA) is 42.7 Å². The van der Waals surface area contributed by atoms with E-state index in [0.717, 1.165) is 22.4 Å². The second-order valence-electron chi connectivity index (χ2n) is 5.54. The first-order valence-corrected chi connectivity index (χ1v) is 7.90. The zero-order valence-electron chi connectivity index (χ0n) is 13.1. The summed E-state index contributed by atoms with van der Waals surface area (Å²) in [5.41, 5.74) is 4.34. The predicted octanol–water partition coefficient (Wildman–Crippen LogP) is 4.13. The summed E-state index contributed by atoms with van der Waals surface area (Å²) in [6.45, 7) is 8.54. The van der Waals surface area contributed by atoms with E-state index in [2.05, 4.69) is 48.3 Å². The van der Waals surface area contributed by atoms with Crippen molar-refractivity contribution in [3.63, 3.8) is 0 Å². The molecule has 0 aliphatic heterocycles. The van der Waals surface area contributed by atoms with Crippen LogP contribution in [0.1, 0.15) is 34.0 Å². The molecule has 3 heterocycles. The number of rotatable bonds is 3. The van der Waals surface area contributed by atoms with Crippen molar-refractivity contribution in [2.75, 3.05) is 5.32 Å². The molecule has 0 bridgehead atoms. The Bertz CT molecular complexity index is 800. The molecule has 1 N–H and O–H groups in total. The predicted molar refractivity (Wildman–Crippen MR) is 89.1 cm³/mol. The number of nitrogens with zero attached hydrogens (tertiary/aromatic N) is 3. The minimum absolute atomic E-state index is 0.270. The van der Waals surface area contributed by atoms with Gasteiger partial charge in [-0.1, -0.05) is 0 Å². The van der Waals surface area contributed by atoms with Crippen molar-refractivity contribution in [3.05, 3.63) is 39.3 Å². The summed E-state index contributed by atoms with van der Waals surface area (Å²) >= 11 is 1.85. The standard InChI is InChI=1S/C16H20N4S/c1-9-6-14(12(4)21-9)10(2)18-13-7-15-11(3)19-20(5)16(15)17-8-13/h6-8,10,18H,1-5H3. The highest BCUT2D eigenvalue weighted by Gasteiger charge is 2.13. The van der Waals surface area contributed by atoms with Crippen LogP contribution in [0.4, 0.5) is 5.69 Å². The lowest BCUT2D eigenvalue weighted by Crippen LogP contribution is -2.07. The van der Waals surface area contributed by atoms with Crippen molar-refractivity contribution < 1.29 is 0 Å². The molecule has 3 aromatic heterocycles. The summed E-state index contributed by atoms with van der Waals surface area (Å²) in [4.78, 5) is 7.25. The van der Waals surface area contributed by atoms with Crippen molar-refractivity contribution in [3.8, 4) is 0 Å². The van der Waals surface area contributed by atoms with Crippen molar-refractivity contribution in [2.45, 2.75) is 33.7 Å². The molecule has 1 unspecified atom stereocenters. The van der Waals surface area contributed by atoms with E-state index in [0.29, 0.717) is 0 Å². The van der Waals surface area contributed by atoms with Gasteiger partial charge in [-0.25, -0.2) is 4.98 Å². The minimum atomic E-state index is 0.270. The second-order valence-corrected chi connectivity index (χ2v) is 7.00. The van der Waals surface area contributed by atoms with Gasteiger partial charge in [0.05, 0.1) is 17.6 Å². The van der Waals surface area contributed by atoms with Crippen LogP contribution in [0.5, 0.6) is 0 Å². The number of pyridine rings is 1. The fourth-order valence-electron chi connectivity index (χ4n) is 2.79. The zero-order valence-corrected chi connectivity index (χ0v) is 13.9. The number of aromatic nitrogens is 3. The molecule has 0 aliphatic rings. The van der Waals surface area contributed by atoms with Crippen LogP contribution in [-0.4, -0.2) is 14.8 Å². The summed E-state index contributed by atoms with van der Waals surface area (Å²) in [6.07, 6.45) is 1.88. The molecule has 0 saturated heterocycles. The highest BCUT2D eigenvalue weighted by atomic mass is 32.1. The first-order chi connectivity index (χ1) is 9.95. The Morgan fingerprint density at radius 3 is 2.67 bits per heavy atom. The van der Waals surface area contributed by atoms with Crippen molar-refractivity contribution in [2.24, 2.45) is 7.05 Å². The second kappa shape index (κ2) is 5.15. The Labute approximate surface area is 128 Å². The van der Waals surface area contributed by atoms with E-state index in [1.807, 2.05) is 36.2 Å². The quantitative estimate of drug-likeness (QED) is 0.791. The Morgan fingerprint density at radius 2 is 2.00 bits per heavy atom. The molecule has 4 nitrogen and oxygen atoms in total. The fourth-order valence-corrected chi connectivity index (χ4v) is 3.82. The number of nitrogens with one attached hydrogen (secondary N) is 1. The van der Waals surface area contributed by atoms with Crippen LogP contribution in [0.15, 0.2) is 18.3 Å². The van der Waals surface area contributed by atoms with Crippen LogP contribution < -0.4 is 5.32 Å². The molecule has 1 atom stereocenters. The Kier molecular flexibility index (Phi) is 3.45. The van der Waals surface area contributed by atoms with Gasteiger partial charge in [0.1, 0.15) is 0 Å². The molecule has 0 spiro atoms. The molecule has 5 heteroatoms. The Hall–Kier alpha value is -1.88. The van der Waals surface area contributed by atoms with E-state index in [-0.39, 0.29) is 6.04 Å². The number of fused-ring (bicyclic) bond motifs is 1. The molecule has 0 amide bonds. The first kappa shape index (κ1) is 14.1. The smallest absolute Gasteiger partial charge is 0.157 e. The van der Waals surface area contributed by atoms with Gasteiger partial charge in [0.2, 0.25) is 0 Å². The maximum absolute atomic E-state index is 4.52. The van der Waals surface area contributed by atoms with Gasteiger partial charge in [-0.3, -0.25) is 4.68 Å². The lowest BCUT2D eigenvalue weighted by molar-refractivity contribution is 0.773. The monoisotopic (exact) mass is 300 g/mol. The SMILES string of the molecule is Cc1cc(C(C)Nc2cnc3c(c2)c(C)nn3C)c(C)s1. The van der Waals surface area contributed by atoms with Gasteiger partial charge < -0.3 is 5.32 Å². The molecular weight excluding hydrogens is 280 g/mol. The molecular formula is C16H20N4S. The number of thiophene rings is 1. The molecule has 0 saturated carbocycles. The van der Waals surface area contributed by atoms with E-state index in [1.54, 1.807) is 0 Å². The minimum Gasteiger partial charge on any atom is -0.377 e. The lowest BCUT2D eigenvalue weighted by atomic mass is 10.1. The van der Waals surface area contributed by atoms with Gasteiger partial charge in [-0.2, -0.15) is 5.10 Å². The fraction of sp³-hybridized carbons (Fsp3) is 0.375. The van der Waals surface area contributed by atoms with E-state index < -0.39 is 0 Å². The van der Waals surface area contributed by atoms with E-state index in [9.17, 15) is 0 Å². The van der Waals surface area contributed by atoms with Crippen LogP contribution in [0.3, 0.4) is 0 Å². The van der Waals surface area contributed by atoms with Crippen LogP contribution >= 0.6 is 11.3 Å². The number of anilines is 1. The first-order valence-electron chi connectivity index (χ1n) is 7.08. The van der Waals surface area contributed by atoms with Crippen LogP contribution in [-0.2, 0) is 7.05 Å². The summed E-state index contributed by atoms with van der Waals surface area (Å²) < 4.78 is 1.82. The molecule has 3 rings (SSSR count). The molecule has 0 aliphatic carbocycles. The third kappa shape index (κ3) is 2.53. The van der Waals surface area contributed by atoms with Gasteiger partial charge in [-0.15, -0.1) is 11.3 Å². The molecule has 0 radical (unpaired) electrons. The average molecular weight is 300 g/mol. The van der Waals surface area contributed by atoms with Gasteiger partial charge >= 0.3 is 0 Å². The van der Waals surface area contributed by atoms with E-state index >= 15 is 0 Å². The van der Waals surface area contributed by atoms with Crippen molar-refractivity contribution in [1.82, 2.24) is 14.8 Å². The summed E-state index contributed by atoms with van der Waals surface area (Å²) in [5, 5.41) is 9.07. The number of aryl methyl sites for hydroxylation is 4. The maximum atomic E-state index is 4.52. The molecule has 0 fully saturated rings. The molecule has 3 aromatic rings. The highest BCUT2D eigenvalue weighted by Crippen LogP contribution is 2.29. The van der Waals surface area contributed by atoms with Gasteiger partial charge in [0.25, 0.3) is 0 Å². The largest absolute Gasteiger partial charge is 0.377 e. The van der Waals surface area contributed by atoms with Gasteiger partial charge in [0, 0.05) is 28.2 Å². The van der Waals surface area contributed by atoms with Crippen molar-refractivity contribution >= 4 is 28.1 Å². The number of hydrogen-bond donors (Lipinski definition) is 1. The molecule has 0 aromatic carbocycles. The third-order valence-electron chi connectivity index (χ3n) is 3.79. The molecule has 110 valence electrons. The molecule has 21 heavy (non-hydrogen) atoms. The maximum Gasteiger partial charge on any atom is 0.157 e. The zero-order chi connectivity index (χ0) is 15.1. The highest BCUT2D eigenvalue weighted by molar-refractivity contribution is 7.12. The van der Waals surface area contributed by atoms with Crippen LogP contribution in [0, 0.1) is 20.8 Å². The van der Waals surface area contributed by atoms with Crippen LogP contribution in [0.25, 0.3) is 11.0 Å². The van der Waals surface area contributed by atoms with Crippen LogP contribution in [0.2, 0.25) is 0 Å². The average Bonchev–Trinajstić information content (AvgIpc) is 2.90. The van der Waals surface area contributed by atoms with Crippen molar-refractivity contribution in [1.29, 1.82) is 0 Å². The van der Waals surface area contributed by atoms with Gasteiger partial charge in [0.15, 0.2) is 5.65 Å². The summed E-state index contributed by atoms with van der Waals surface area (Å²) in [6, 6.07) is 4.67. The lowest BCUT2D eigenvalue weighted by Gasteiger charge is -2.15. The van der Waals surface area contributed by atoms with Gasteiger partial charge in [-0.05, 0) is 45.4 Å². The summed E-state index contributed by atoms with van der Waals surface area (Å²) in [5.74, 6) is 0. The van der Waals surface area contributed by atoms with E-state index in [1.165, 1.54) is 15.3 Å². The normalized spacial score (nSPS) is 12.8. The van der Waals surface area contributed by atoms with E-state index in [4.69, 9.17) is 0 Å². The Balaban J connectivity index is 1.91. The summed E-state index contributed by atoms with van der Waals surface area (Å²) in [7, 11) is 1.93. The Morgan fingerprint density at radius 1 is 1.24 bits per heavy atom. The number of hydrogen-bond acceptors (Lipinski definition) is 4.